The number of alkyl halides is 3. The lowest BCUT2D eigenvalue weighted by Crippen LogP contribution is -2.17. The van der Waals surface area contributed by atoms with Crippen molar-refractivity contribution in [3.05, 3.63) is 69.6 Å². The highest BCUT2D eigenvalue weighted by Gasteiger charge is 2.31. The quantitative estimate of drug-likeness (QED) is 0.296. The van der Waals surface area contributed by atoms with Crippen molar-refractivity contribution in [2.45, 2.75) is 26.8 Å². The number of halogens is 6. The molecule has 0 spiro atoms. The minimum absolute atomic E-state index is 0.0104. The van der Waals surface area contributed by atoms with E-state index >= 15 is 0 Å². The van der Waals surface area contributed by atoms with Crippen molar-refractivity contribution in [1.82, 2.24) is 20.1 Å². The van der Waals surface area contributed by atoms with Crippen molar-refractivity contribution in [2.75, 3.05) is 0 Å². The van der Waals surface area contributed by atoms with Crippen LogP contribution in [0.5, 0.6) is 5.75 Å². The Morgan fingerprint density at radius 3 is 2.66 bits per heavy atom. The van der Waals surface area contributed by atoms with Gasteiger partial charge in [0.15, 0.2) is 0 Å². The van der Waals surface area contributed by atoms with Crippen LogP contribution >= 0.6 is 23.2 Å². The van der Waals surface area contributed by atoms with Gasteiger partial charge in [-0.2, -0.15) is 5.10 Å². The van der Waals surface area contributed by atoms with Crippen LogP contribution in [0.15, 0.2) is 53.5 Å². The number of fused-ring (bicyclic) bond motifs is 1. The predicted octanol–water partition coefficient (Wildman–Crippen LogP) is 6.71. The molecular weight excluding hydrogens is 511 g/mol. The third-order valence-electron chi connectivity index (χ3n) is 5.08. The summed E-state index contributed by atoms with van der Waals surface area (Å²) < 4.78 is 57.5. The Hall–Kier alpha value is -3.37. The second-order valence-electron chi connectivity index (χ2n) is 7.59. The molecule has 1 aliphatic heterocycles. The summed E-state index contributed by atoms with van der Waals surface area (Å²) in [4.78, 5) is 16.4. The summed E-state index contributed by atoms with van der Waals surface area (Å²) in [5.74, 6) is -1.41. The Morgan fingerprint density at radius 1 is 1.23 bits per heavy atom. The van der Waals surface area contributed by atoms with Gasteiger partial charge >= 0.3 is 6.36 Å². The largest absolute Gasteiger partial charge is 0.573 e. The summed E-state index contributed by atoms with van der Waals surface area (Å²) in [7, 11) is 0. The molecule has 0 fully saturated rings. The number of ether oxygens (including phenoxy) is 1. The summed E-state index contributed by atoms with van der Waals surface area (Å²) in [5, 5.41) is 7.07. The molecule has 3 aromatic rings. The van der Waals surface area contributed by atoms with Gasteiger partial charge in [-0.1, -0.05) is 23.2 Å². The van der Waals surface area contributed by atoms with Crippen LogP contribution in [0.2, 0.25) is 5.02 Å². The Morgan fingerprint density at radius 2 is 1.97 bits per heavy atom. The number of rotatable bonds is 5. The highest BCUT2D eigenvalue weighted by atomic mass is 35.5. The lowest BCUT2D eigenvalue weighted by atomic mass is 10.1. The van der Waals surface area contributed by atoms with Gasteiger partial charge in [-0.15, -0.1) is 13.2 Å². The highest BCUT2D eigenvalue weighted by molar-refractivity contribution is 6.32. The number of carbonyl (C=O) groups is 1. The third kappa shape index (κ3) is 5.33. The number of benzene rings is 1. The van der Waals surface area contributed by atoms with Gasteiger partial charge < -0.3 is 10.1 Å². The molecule has 6 nitrogen and oxygen atoms in total. The van der Waals surface area contributed by atoms with E-state index < -0.39 is 17.9 Å². The van der Waals surface area contributed by atoms with Crippen molar-refractivity contribution in [2.24, 2.45) is 0 Å². The number of aromatic nitrogens is 3. The highest BCUT2D eigenvalue weighted by Crippen LogP contribution is 2.36. The van der Waals surface area contributed by atoms with Crippen molar-refractivity contribution >= 4 is 34.8 Å². The fourth-order valence-corrected chi connectivity index (χ4v) is 3.97. The number of nitrogens with one attached hydrogen (secondary N) is 1. The summed E-state index contributed by atoms with van der Waals surface area (Å²) in [6.45, 7) is 3.02. The molecule has 2 aromatic heterocycles. The number of allylic oxidation sites excluding steroid dienone is 4. The molecule has 0 atom stereocenters. The van der Waals surface area contributed by atoms with Crippen LogP contribution in [0.25, 0.3) is 28.3 Å². The van der Waals surface area contributed by atoms with Gasteiger partial charge in [0, 0.05) is 40.2 Å². The molecule has 12 heteroatoms. The topological polar surface area (TPSA) is 69.0 Å². The van der Waals surface area contributed by atoms with Crippen LogP contribution in [0, 0.1) is 0 Å². The average molecular weight is 527 g/mol. The molecule has 4 rings (SSSR count). The van der Waals surface area contributed by atoms with E-state index in [4.69, 9.17) is 23.2 Å². The monoisotopic (exact) mass is 526 g/mol. The smallest absolute Gasteiger partial charge is 0.406 e. The van der Waals surface area contributed by atoms with Gasteiger partial charge in [-0.05, 0) is 50.3 Å². The maximum absolute atomic E-state index is 13.6. The second-order valence-corrected chi connectivity index (χ2v) is 8.43. The van der Waals surface area contributed by atoms with Crippen molar-refractivity contribution in [1.29, 1.82) is 0 Å². The van der Waals surface area contributed by atoms with Gasteiger partial charge in [-0.25, -0.2) is 9.07 Å². The molecule has 0 aliphatic carbocycles. The molecule has 0 saturated heterocycles. The van der Waals surface area contributed by atoms with Crippen LogP contribution in [-0.2, 0) is 6.54 Å². The van der Waals surface area contributed by atoms with Gasteiger partial charge in [0.05, 0.1) is 16.4 Å². The molecule has 0 saturated carbocycles. The summed E-state index contributed by atoms with van der Waals surface area (Å²) in [5.41, 5.74) is 2.71. The zero-order chi connectivity index (χ0) is 25.5. The first-order chi connectivity index (χ1) is 16.4. The third-order valence-corrected chi connectivity index (χ3v) is 5.67. The van der Waals surface area contributed by atoms with Crippen LogP contribution < -0.4 is 10.1 Å². The normalized spacial score (nSPS) is 14.5. The van der Waals surface area contributed by atoms with Gasteiger partial charge in [0.2, 0.25) is 0 Å². The number of hydrogen-bond donors (Lipinski definition) is 1. The fourth-order valence-electron chi connectivity index (χ4n) is 3.59. The summed E-state index contributed by atoms with van der Waals surface area (Å²) >= 11 is 12.0. The first-order valence-corrected chi connectivity index (χ1v) is 10.8. The maximum atomic E-state index is 13.6. The van der Waals surface area contributed by atoms with E-state index in [2.05, 4.69) is 20.1 Å². The van der Waals surface area contributed by atoms with E-state index in [1.807, 2.05) is 0 Å². The molecule has 182 valence electrons. The predicted molar refractivity (Wildman–Crippen MR) is 123 cm³/mol. The van der Waals surface area contributed by atoms with Gasteiger partial charge in [-0.3, -0.25) is 9.78 Å². The fraction of sp³-hybridized carbons (Fsp3) is 0.174. The zero-order valence-electron chi connectivity index (χ0n) is 18.2. The number of hydrogen-bond acceptors (Lipinski definition) is 4. The molecule has 1 N–H and O–H groups in total. The van der Waals surface area contributed by atoms with Crippen molar-refractivity contribution in [3.8, 4) is 28.4 Å². The van der Waals surface area contributed by atoms with Crippen LogP contribution in [0.1, 0.15) is 29.8 Å². The molecule has 0 bridgehead atoms. The van der Waals surface area contributed by atoms with Crippen LogP contribution in [0.4, 0.5) is 17.6 Å². The minimum Gasteiger partial charge on any atom is -0.406 e. The van der Waals surface area contributed by atoms with Crippen LogP contribution in [0.3, 0.4) is 0 Å². The summed E-state index contributed by atoms with van der Waals surface area (Å²) in [6, 6.07) is 6.76. The minimum atomic E-state index is -4.92. The maximum Gasteiger partial charge on any atom is 0.573 e. The van der Waals surface area contributed by atoms with E-state index in [1.54, 1.807) is 19.1 Å². The van der Waals surface area contributed by atoms with E-state index in [0.717, 1.165) is 12.1 Å². The molecule has 3 heterocycles. The lowest BCUT2D eigenvalue weighted by molar-refractivity contribution is -0.274. The van der Waals surface area contributed by atoms with Crippen molar-refractivity contribution in [3.63, 3.8) is 0 Å². The number of carbonyl (C=O) groups excluding carboxylic acids is 1. The molecule has 1 aliphatic rings. The van der Waals surface area contributed by atoms with Gasteiger partial charge in [0.1, 0.15) is 17.3 Å². The SMILES string of the molecule is C/C(F)=C(Cl)\C=C(/C)n1nc(-c2nccc3c2CNC3=O)cc1-c1cc(Cl)cc(OC(F)(F)F)c1. The zero-order valence-corrected chi connectivity index (χ0v) is 19.7. The Balaban J connectivity index is 1.92. The van der Waals surface area contributed by atoms with E-state index in [0.29, 0.717) is 33.9 Å². The molecule has 1 aromatic carbocycles. The number of amides is 1. The standard InChI is InChI=1S/C23H16Cl2F4N4O2/c1-11(5-18(25)12(2)26)33-20(13-6-14(24)8-15(7-13)35-23(27,28)29)9-19(32-33)21-17-10-31-22(34)16(17)3-4-30-21/h3-9H,10H2,1-2H3,(H,31,34)/b11-5+,18-12-. The molecule has 1 amide bonds. The molecule has 0 radical (unpaired) electrons. The van der Waals surface area contributed by atoms with E-state index in [9.17, 15) is 22.4 Å². The Bertz CT molecular complexity index is 1390. The number of nitrogens with zero attached hydrogens (tertiary/aromatic N) is 3. The van der Waals surface area contributed by atoms with Gasteiger partial charge in [0.25, 0.3) is 5.91 Å². The second kappa shape index (κ2) is 9.35. The Kier molecular flexibility index (Phi) is 6.61. The van der Waals surface area contributed by atoms with Crippen molar-refractivity contribution < 1.29 is 27.1 Å². The lowest BCUT2D eigenvalue weighted by Gasteiger charge is -2.12. The molecular formula is C23H16Cl2F4N4O2. The molecule has 35 heavy (non-hydrogen) atoms. The van der Waals surface area contributed by atoms with E-state index in [-0.39, 0.29) is 28.1 Å². The van der Waals surface area contributed by atoms with Crippen LogP contribution in [-0.4, -0.2) is 27.0 Å². The molecule has 0 unspecified atom stereocenters. The van der Waals surface area contributed by atoms with E-state index in [1.165, 1.54) is 29.9 Å². The first-order valence-electron chi connectivity index (χ1n) is 10.1. The number of pyridine rings is 1. The average Bonchev–Trinajstić information content (AvgIpc) is 3.36. The summed E-state index contributed by atoms with van der Waals surface area (Å²) in [6.07, 6.45) is -2.14. The Labute approximate surface area is 206 Å². The first kappa shape index (κ1) is 24.7.